The quantitative estimate of drug-likeness (QED) is 0.592. The highest BCUT2D eigenvalue weighted by atomic mass is 16.1. The van der Waals surface area contributed by atoms with E-state index in [0.717, 1.165) is 34.5 Å². The molecule has 0 atom stereocenters. The highest BCUT2D eigenvalue weighted by Gasteiger charge is 2.18. The molecule has 0 radical (unpaired) electrons. The summed E-state index contributed by atoms with van der Waals surface area (Å²) in [6.45, 7) is 4.58. The molecule has 0 bridgehead atoms. The lowest BCUT2D eigenvalue weighted by Gasteiger charge is -2.05. The van der Waals surface area contributed by atoms with Gasteiger partial charge >= 0.3 is 0 Å². The summed E-state index contributed by atoms with van der Waals surface area (Å²) in [4.78, 5) is 13.0. The molecule has 4 rings (SSSR count). The van der Waals surface area contributed by atoms with E-state index < -0.39 is 0 Å². The van der Waals surface area contributed by atoms with Crippen molar-refractivity contribution in [1.82, 2.24) is 14.3 Å². The van der Waals surface area contributed by atoms with Crippen molar-refractivity contribution in [2.45, 2.75) is 20.4 Å². The molecule has 0 spiro atoms. The number of nitrogens with zero attached hydrogens (tertiary/aromatic N) is 3. The van der Waals surface area contributed by atoms with Gasteiger partial charge in [0.25, 0.3) is 5.91 Å². The number of aryl methyl sites for hydroxylation is 2. The molecule has 1 N–H and O–H groups in total. The Morgan fingerprint density at radius 3 is 2.44 bits per heavy atom. The third kappa shape index (κ3) is 3.12. The zero-order chi connectivity index (χ0) is 19.0. The van der Waals surface area contributed by atoms with E-state index >= 15 is 0 Å². The van der Waals surface area contributed by atoms with E-state index in [1.807, 2.05) is 63.5 Å². The first kappa shape index (κ1) is 17.1. The molecule has 2 heterocycles. The van der Waals surface area contributed by atoms with Crippen molar-refractivity contribution < 1.29 is 4.79 Å². The average molecular weight is 358 g/mol. The van der Waals surface area contributed by atoms with E-state index in [0.29, 0.717) is 5.56 Å². The summed E-state index contributed by atoms with van der Waals surface area (Å²) in [5.41, 5.74) is 5.45. The van der Waals surface area contributed by atoms with Gasteiger partial charge in [-0.3, -0.25) is 9.48 Å². The second-order valence-corrected chi connectivity index (χ2v) is 6.80. The first-order chi connectivity index (χ1) is 13.0. The van der Waals surface area contributed by atoms with Crippen molar-refractivity contribution in [3.05, 3.63) is 83.3 Å². The van der Waals surface area contributed by atoms with Crippen molar-refractivity contribution in [3.63, 3.8) is 0 Å². The Bertz CT molecular complexity index is 1120. The molecule has 0 unspecified atom stereocenters. The van der Waals surface area contributed by atoms with Gasteiger partial charge in [0.05, 0.1) is 22.6 Å². The number of para-hydroxylation sites is 1. The number of aromatic nitrogens is 3. The second kappa shape index (κ2) is 6.76. The summed E-state index contributed by atoms with van der Waals surface area (Å²) < 4.78 is 3.91. The fraction of sp³-hybridized carbons (Fsp3) is 0.182. The first-order valence-corrected chi connectivity index (χ1v) is 8.98. The number of rotatable bonds is 4. The lowest BCUT2D eigenvalue weighted by molar-refractivity contribution is 0.102. The third-order valence-corrected chi connectivity index (χ3v) is 4.98. The van der Waals surface area contributed by atoms with E-state index in [-0.39, 0.29) is 5.91 Å². The van der Waals surface area contributed by atoms with E-state index in [1.165, 1.54) is 5.56 Å². The van der Waals surface area contributed by atoms with Crippen molar-refractivity contribution >= 4 is 22.5 Å². The minimum Gasteiger partial charge on any atom is -0.342 e. The van der Waals surface area contributed by atoms with Crippen LogP contribution >= 0.6 is 0 Å². The van der Waals surface area contributed by atoms with Gasteiger partial charge in [-0.2, -0.15) is 5.10 Å². The molecule has 0 aliphatic carbocycles. The SMILES string of the molecule is Cc1nn(C)c(C)c1NC(=O)c1cn(Cc2ccccc2)c2ccccc12. The predicted molar refractivity (Wildman–Crippen MR) is 108 cm³/mol. The molecule has 5 nitrogen and oxygen atoms in total. The van der Waals surface area contributed by atoms with Gasteiger partial charge in [-0.05, 0) is 25.5 Å². The van der Waals surface area contributed by atoms with Crippen LogP contribution in [0.1, 0.15) is 27.3 Å². The molecular formula is C22H22N4O. The van der Waals surface area contributed by atoms with Crippen LogP contribution < -0.4 is 5.32 Å². The Morgan fingerprint density at radius 1 is 1.04 bits per heavy atom. The number of anilines is 1. The van der Waals surface area contributed by atoms with Crippen molar-refractivity contribution in [2.75, 3.05) is 5.32 Å². The van der Waals surface area contributed by atoms with Crippen LogP contribution in [0.4, 0.5) is 5.69 Å². The molecule has 0 fully saturated rings. The van der Waals surface area contributed by atoms with Crippen molar-refractivity contribution in [3.8, 4) is 0 Å². The van der Waals surface area contributed by atoms with Crippen LogP contribution in [0.25, 0.3) is 10.9 Å². The van der Waals surface area contributed by atoms with Crippen LogP contribution in [0.3, 0.4) is 0 Å². The molecular weight excluding hydrogens is 336 g/mol. The number of amides is 1. The van der Waals surface area contributed by atoms with Gasteiger partial charge < -0.3 is 9.88 Å². The topological polar surface area (TPSA) is 51.9 Å². The highest BCUT2D eigenvalue weighted by Crippen LogP contribution is 2.25. The lowest BCUT2D eigenvalue weighted by atomic mass is 10.1. The van der Waals surface area contributed by atoms with Gasteiger partial charge in [0.2, 0.25) is 0 Å². The summed E-state index contributed by atoms with van der Waals surface area (Å²) in [5, 5.41) is 8.38. The number of carbonyl (C=O) groups is 1. The number of benzene rings is 2. The minimum atomic E-state index is -0.114. The van der Waals surface area contributed by atoms with Gasteiger partial charge in [-0.25, -0.2) is 0 Å². The zero-order valence-corrected chi connectivity index (χ0v) is 15.7. The fourth-order valence-electron chi connectivity index (χ4n) is 3.47. The first-order valence-electron chi connectivity index (χ1n) is 8.98. The van der Waals surface area contributed by atoms with Gasteiger partial charge in [0.1, 0.15) is 0 Å². The van der Waals surface area contributed by atoms with Crippen LogP contribution in [0.5, 0.6) is 0 Å². The third-order valence-electron chi connectivity index (χ3n) is 4.98. The van der Waals surface area contributed by atoms with Crippen LogP contribution in [-0.2, 0) is 13.6 Å². The number of fused-ring (bicyclic) bond motifs is 1. The van der Waals surface area contributed by atoms with E-state index in [9.17, 15) is 4.79 Å². The van der Waals surface area contributed by atoms with Crippen molar-refractivity contribution in [2.24, 2.45) is 7.05 Å². The maximum atomic E-state index is 13.0. The van der Waals surface area contributed by atoms with Crippen molar-refractivity contribution in [1.29, 1.82) is 0 Å². The molecule has 136 valence electrons. The Kier molecular flexibility index (Phi) is 4.28. The van der Waals surface area contributed by atoms with Crippen LogP contribution in [0.15, 0.2) is 60.8 Å². The summed E-state index contributed by atoms with van der Waals surface area (Å²) >= 11 is 0. The van der Waals surface area contributed by atoms with Gasteiger partial charge in [0.15, 0.2) is 0 Å². The smallest absolute Gasteiger partial charge is 0.257 e. The Labute approximate surface area is 158 Å². The Hall–Kier alpha value is -3.34. The minimum absolute atomic E-state index is 0.114. The molecule has 1 amide bonds. The fourth-order valence-corrected chi connectivity index (χ4v) is 3.47. The standard InChI is InChI=1S/C22H22N4O/c1-15-21(16(2)25(3)24-15)23-22(27)19-14-26(13-17-9-5-4-6-10-17)20-12-8-7-11-18(19)20/h4-12,14H,13H2,1-3H3,(H,23,27). The molecule has 0 aliphatic heterocycles. The molecule has 5 heteroatoms. The Morgan fingerprint density at radius 2 is 1.74 bits per heavy atom. The molecule has 2 aromatic carbocycles. The van der Waals surface area contributed by atoms with E-state index in [4.69, 9.17) is 0 Å². The van der Waals surface area contributed by atoms with E-state index in [2.05, 4.69) is 33.2 Å². The normalized spacial score (nSPS) is 11.1. The second-order valence-electron chi connectivity index (χ2n) is 6.80. The van der Waals surface area contributed by atoms with Gasteiger partial charge in [0, 0.05) is 30.7 Å². The number of hydrogen-bond donors (Lipinski definition) is 1. The summed E-state index contributed by atoms with van der Waals surface area (Å²) in [7, 11) is 1.88. The predicted octanol–water partition coefficient (Wildman–Crippen LogP) is 4.29. The maximum Gasteiger partial charge on any atom is 0.257 e. The summed E-state index contributed by atoms with van der Waals surface area (Å²) in [6.07, 6.45) is 1.94. The molecule has 0 aliphatic rings. The zero-order valence-electron chi connectivity index (χ0n) is 15.7. The van der Waals surface area contributed by atoms with Crippen LogP contribution in [-0.4, -0.2) is 20.3 Å². The molecule has 0 saturated carbocycles. The van der Waals surface area contributed by atoms with Gasteiger partial charge in [-0.1, -0.05) is 48.5 Å². The molecule has 0 saturated heterocycles. The van der Waals surface area contributed by atoms with Crippen LogP contribution in [0, 0.1) is 13.8 Å². The molecule has 4 aromatic rings. The van der Waals surface area contributed by atoms with E-state index in [1.54, 1.807) is 4.68 Å². The summed E-state index contributed by atoms with van der Waals surface area (Å²) in [5.74, 6) is -0.114. The van der Waals surface area contributed by atoms with Crippen LogP contribution in [0.2, 0.25) is 0 Å². The number of carbonyl (C=O) groups excluding carboxylic acids is 1. The number of nitrogens with one attached hydrogen (secondary N) is 1. The monoisotopic (exact) mass is 358 g/mol. The maximum absolute atomic E-state index is 13.0. The highest BCUT2D eigenvalue weighted by molar-refractivity contribution is 6.13. The lowest BCUT2D eigenvalue weighted by Crippen LogP contribution is -2.13. The number of hydrogen-bond acceptors (Lipinski definition) is 2. The average Bonchev–Trinajstić information content (AvgIpc) is 3.15. The summed E-state index contributed by atoms with van der Waals surface area (Å²) in [6, 6.07) is 18.3. The largest absolute Gasteiger partial charge is 0.342 e. The molecule has 27 heavy (non-hydrogen) atoms. The van der Waals surface area contributed by atoms with Gasteiger partial charge in [-0.15, -0.1) is 0 Å². The Balaban J connectivity index is 1.72. The molecule has 2 aromatic heterocycles.